The first-order valence-corrected chi connectivity index (χ1v) is 28.7. The number of aliphatic hydroxyl groups is 3. The van der Waals surface area contributed by atoms with Gasteiger partial charge in [-0.2, -0.15) is 8.42 Å². The van der Waals surface area contributed by atoms with Crippen molar-refractivity contribution >= 4 is 22.1 Å². The van der Waals surface area contributed by atoms with Gasteiger partial charge in [0, 0.05) is 12.8 Å². The third-order valence-electron chi connectivity index (χ3n) is 12.5. The van der Waals surface area contributed by atoms with Gasteiger partial charge in [0.2, 0.25) is 0 Å². The predicted octanol–water partition coefficient (Wildman–Crippen LogP) is 12.5. The first kappa shape index (κ1) is 62.9. The summed E-state index contributed by atoms with van der Waals surface area (Å²) < 4.78 is 54.3. The summed E-state index contributed by atoms with van der Waals surface area (Å²) in [5.74, 6) is -2.00. The van der Waals surface area contributed by atoms with E-state index in [4.69, 9.17) is 18.9 Å². The van der Waals surface area contributed by atoms with E-state index in [1.54, 1.807) is 0 Å². The molecule has 0 radical (unpaired) electrons. The fraction of sp³-hybridized carbons (Fsp3) is 0.852. The minimum Gasteiger partial charge on any atom is -0.462 e. The monoisotopic (exact) mass is 971 g/mol. The average molecular weight is 971 g/mol. The van der Waals surface area contributed by atoms with Crippen molar-refractivity contribution in [3.8, 4) is 0 Å². The van der Waals surface area contributed by atoms with Crippen LogP contribution in [0.4, 0.5) is 0 Å². The number of unbranched alkanes of at least 4 members (excludes halogenated alkanes) is 28. The molecule has 6 atom stereocenters. The van der Waals surface area contributed by atoms with Crippen molar-refractivity contribution < 1.29 is 56.8 Å². The van der Waals surface area contributed by atoms with Crippen molar-refractivity contribution in [1.29, 1.82) is 0 Å². The van der Waals surface area contributed by atoms with Gasteiger partial charge in [-0.1, -0.05) is 211 Å². The van der Waals surface area contributed by atoms with Gasteiger partial charge in [-0.25, -0.2) is 0 Å². The van der Waals surface area contributed by atoms with E-state index in [1.807, 2.05) is 0 Å². The molecule has 0 bridgehead atoms. The molecule has 1 aliphatic rings. The van der Waals surface area contributed by atoms with E-state index in [1.165, 1.54) is 135 Å². The number of carbonyl (C=O) groups is 2. The fourth-order valence-electron chi connectivity index (χ4n) is 8.27. The Bertz CT molecular complexity index is 1370. The highest BCUT2D eigenvalue weighted by Crippen LogP contribution is 2.24. The van der Waals surface area contributed by atoms with Crippen LogP contribution >= 0.6 is 0 Å². The smallest absolute Gasteiger partial charge is 0.306 e. The largest absolute Gasteiger partial charge is 0.462 e. The maximum atomic E-state index is 12.9. The summed E-state index contributed by atoms with van der Waals surface area (Å²) in [6.45, 7) is 3.75. The summed E-state index contributed by atoms with van der Waals surface area (Å²) in [5.41, 5.74) is 0. The normalized spacial score (nSPS) is 19.5. The molecule has 0 aromatic heterocycles. The van der Waals surface area contributed by atoms with Crippen molar-refractivity contribution in [1.82, 2.24) is 0 Å². The topological polar surface area (TPSA) is 186 Å². The molecule has 0 spiro atoms. The molecule has 0 saturated carbocycles. The lowest BCUT2D eigenvalue weighted by Gasteiger charge is -2.40. The number of rotatable bonds is 46. The van der Waals surface area contributed by atoms with Crippen LogP contribution in [0.3, 0.4) is 0 Å². The Morgan fingerprint density at radius 3 is 1.36 bits per heavy atom. The number of carbonyl (C=O) groups excluding carboxylic acids is 2. The molecule has 1 aliphatic heterocycles. The summed E-state index contributed by atoms with van der Waals surface area (Å²) in [7, 11) is -4.61. The molecule has 12 nitrogen and oxygen atoms in total. The van der Waals surface area contributed by atoms with Crippen LogP contribution < -0.4 is 0 Å². The van der Waals surface area contributed by atoms with Gasteiger partial charge in [0.15, 0.2) is 12.4 Å². The third-order valence-corrected chi connectivity index (χ3v) is 13.2. The summed E-state index contributed by atoms with van der Waals surface area (Å²) in [5, 5.41) is 31.0. The van der Waals surface area contributed by atoms with Crippen LogP contribution in [0, 0.1) is 0 Å². The SMILES string of the molecule is CCCCC/C=C/C/C=C/C/C=C/CCCCCCC(=O)OC[C@H](CO[C@H]1O[C@H](CS(=O)(=O)O)[C@@H](O)C(O)C1O)OC(=O)CCCCCCCCCCCCCCCCCCCCCCCC. The lowest BCUT2D eigenvalue weighted by Crippen LogP contribution is -2.60. The van der Waals surface area contributed by atoms with Crippen molar-refractivity contribution in [2.75, 3.05) is 19.0 Å². The van der Waals surface area contributed by atoms with E-state index in [9.17, 15) is 37.9 Å². The zero-order valence-electron chi connectivity index (χ0n) is 42.3. The molecular weight excluding hydrogens is 873 g/mol. The van der Waals surface area contributed by atoms with Crippen LogP contribution in [0.15, 0.2) is 36.5 Å². The van der Waals surface area contributed by atoms with Crippen LogP contribution in [0.2, 0.25) is 0 Å². The summed E-state index contributed by atoms with van der Waals surface area (Å²) in [6.07, 6.45) is 43.3. The standard InChI is InChI=1S/C54H98O12S/c1-3-5-7-9-11-13-15-17-19-21-22-23-24-25-27-29-31-33-35-37-39-41-43-50(56)65-47(45-64-54-53(59)52(58)51(57)48(66-54)46-67(60,61)62)44-63-49(55)42-40-38-36-34-32-30-28-26-20-18-16-14-12-10-8-6-4-2/h12,14,18,20,28,30,47-48,51-54,57-59H,3-11,13,15-17,19,21-27,29,31-46H2,1-2H3,(H,60,61,62)/b14-12+,20-18+,30-28+/t47-,48-,51-,52?,53?,54+/m1/s1. The van der Waals surface area contributed by atoms with E-state index in [-0.39, 0.29) is 19.4 Å². The maximum Gasteiger partial charge on any atom is 0.306 e. The van der Waals surface area contributed by atoms with E-state index in [0.29, 0.717) is 12.8 Å². The molecular formula is C54H98O12S. The summed E-state index contributed by atoms with van der Waals surface area (Å²) >= 11 is 0. The van der Waals surface area contributed by atoms with Crippen LogP contribution in [0.1, 0.15) is 239 Å². The second-order valence-corrected chi connectivity index (χ2v) is 20.4. The van der Waals surface area contributed by atoms with Crippen molar-refractivity contribution in [3.63, 3.8) is 0 Å². The molecule has 1 heterocycles. The van der Waals surface area contributed by atoms with Gasteiger partial charge < -0.3 is 34.3 Å². The van der Waals surface area contributed by atoms with E-state index in [2.05, 4.69) is 50.3 Å². The van der Waals surface area contributed by atoms with Gasteiger partial charge in [0.05, 0.1) is 6.61 Å². The number of aliphatic hydroxyl groups excluding tert-OH is 3. The van der Waals surface area contributed by atoms with Crippen molar-refractivity contribution in [3.05, 3.63) is 36.5 Å². The van der Waals surface area contributed by atoms with Crippen molar-refractivity contribution in [2.24, 2.45) is 0 Å². The number of ether oxygens (including phenoxy) is 4. The molecule has 1 rings (SSSR count). The number of hydrogen-bond donors (Lipinski definition) is 4. The summed E-state index contributed by atoms with van der Waals surface area (Å²) in [4.78, 5) is 25.5. The summed E-state index contributed by atoms with van der Waals surface area (Å²) in [6, 6.07) is 0. The van der Waals surface area contributed by atoms with E-state index in [0.717, 1.165) is 64.2 Å². The zero-order chi connectivity index (χ0) is 49.1. The van der Waals surface area contributed by atoms with Gasteiger partial charge >= 0.3 is 11.9 Å². The molecule has 1 fully saturated rings. The molecule has 0 aromatic carbocycles. The van der Waals surface area contributed by atoms with Crippen LogP contribution in [-0.4, -0.2) is 96.0 Å². The molecule has 2 unspecified atom stereocenters. The molecule has 0 aliphatic carbocycles. The van der Waals surface area contributed by atoms with Gasteiger partial charge in [0.25, 0.3) is 10.1 Å². The first-order chi connectivity index (χ1) is 32.5. The Balaban J connectivity index is 2.35. The van der Waals surface area contributed by atoms with Gasteiger partial charge in [-0.05, 0) is 51.4 Å². The van der Waals surface area contributed by atoms with E-state index < -0.39 is 71.2 Å². The van der Waals surface area contributed by atoms with Gasteiger partial charge in [-0.3, -0.25) is 14.1 Å². The molecule has 13 heteroatoms. The molecule has 0 amide bonds. The Morgan fingerprint density at radius 1 is 0.507 bits per heavy atom. The highest BCUT2D eigenvalue weighted by Gasteiger charge is 2.46. The highest BCUT2D eigenvalue weighted by atomic mass is 32.2. The quantitative estimate of drug-likeness (QED) is 0.0196. The van der Waals surface area contributed by atoms with E-state index >= 15 is 0 Å². The zero-order valence-corrected chi connectivity index (χ0v) is 43.1. The molecule has 0 aromatic rings. The second-order valence-electron chi connectivity index (χ2n) is 18.9. The van der Waals surface area contributed by atoms with Crippen LogP contribution in [0.25, 0.3) is 0 Å². The molecule has 1 saturated heterocycles. The highest BCUT2D eigenvalue weighted by molar-refractivity contribution is 7.85. The Kier molecular flexibility index (Phi) is 41.2. The number of hydrogen-bond acceptors (Lipinski definition) is 11. The average Bonchev–Trinajstić information content (AvgIpc) is 3.30. The third kappa shape index (κ3) is 38.3. The molecule has 392 valence electrons. The minimum atomic E-state index is -4.61. The number of allylic oxidation sites excluding steroid dienone is 6. The van der Waals surface area contributed by atoms with Crippen LogP contribution in [0.5, 0.6) is 0 Å². The van der Waals surface area contributed by atoms with Crippen molar-refractivity contribution in [2.45, 2.75) is 275 Å². The van der Waals surface area contributed by atoms with Gasteiger partial charge in [-0.15, -0.1) is 0 Å². The maximum absolute atomic E-state index is 12.9. The number of esters is 2. The minimum absolute atomic E-state index is 0.163. The Morgan fingerprint density at radius 2 is 0.896 bits per heavy atom. The van der Waals surface area contributed by atoms with Gasteiger partial charge in [0.1, 0.15) is 36.8 Å². The Hall–Kier alpha value is -2.13. The second kappa shape index (κ2) is 43.9. The lowest BCUT2D eigenvalue weighted by molar-refractivity contribution is -0.297. The predicted molar refractivity (Wildman–Crippen MR) is 270 cm³/mol. The molecule has 4 N–H and O–H groups in total. The fourth-order valence-corrected chi connectivity index (χ4v) is 8.96. The molecule has 67 heavy (non-hydrogen) atoms. The van der Waals surface area contributed by atoms with Crippen LogP contribution in [-0.2, 0) is 38.7 Å². The Labute approximate surface area is 408 Å². The first-order valence-electron chi connectivity index (χ1n) is 27.0. The lowest BCUT2D eigenvalue weighted by atomic mass is 10.00.